The van der Waals surface area contributed by atoms with Crippen molar-refractivity contribution in [3.05, 3.63) is 107 Å². The minimum Gasteiger partial charge on any atom is -0.354 e. The molecule has 3 aromatic carbocycles. The molecule has 0 saturated carbocycles. The Labute approximate surface area is 230 Å². The van der Waals surface area contributed by atoms with Crippen LogP contribution in [0.4, 0.5) is 4.39 Å². The first-order valence-electron chi connectivity index (χ1n) is 13.0. The van der Waals surface area contributed by atoms with Gasteiger partial charge in [-0.1, -0.05) is 86.1 Å². The molecular weight excluding hydrogens is 517 g/mol. The fourth-order valence-corrected chi connectivity index (χ4v) is 4.89. The van der Waals surface area contributed by atoms with Gasteiger partial charge >= 0.3 is 0 Å². The van der Waals surface area contributed by atoms with Gasteiger partial charge in [0, 0.05) is 26.1 Å². The van der Waals surface area contributed by atoms with Crippen LogP contribution in [-0.2, 0) is 39.1 Å². The summed E-state index contributed by atoms with van der Waals surface area (Å²) in [4.78, 5) is 28.8. The molecule has 39 heavy (non-hydrogen) atoms. The zero-order chi connectivity index (χ0) is 28.3. The molecule has 0 bridgehead atoms. The number of carbonyl (C=O) groups is 2. The summed E-state index contributed by atoms with van der Waals surface area (Å²) in [7, 11) is -3.76. The van der Waals surface area contributed by atoms with E-state index in [0.717, 1.165) is 34.5 Å². The molecule has 2 amide bonds. The van der Waals surface area contributed by atoms with Crippen LogP contribution in [0.1, 0.15) is 36.5 Å². The van der Waals surface area contributed by atoms with Gasteiger partial charge in [0.25, 0.3) is 0 Å². The SMILES string of the molecule is CCCCNC(=O)[C@@H](Cc1ccccc1)N(Cc1ccc(F)cc1)C(=O)CN(Cc1ccccc1)S(C)(=O)=O. The van der Waals surface area contributed by atoms with Crippen molar-refractivity contribution in [3.8, 4) is 0 Å². The summed E-state index contributed by atoms with van der Waals surface area (Å²) in [6.45, 7) is 2.07. The van der Waals surface area contributed by atoms with Crippen molar-refractivity contribution in [2.75, 3.05) is 19.3 Å². The quantitative estimate of drug-likeness (QED) is 0.304. The standard InChI is InChI=1S/C30H36FN3O4S/c1-3-4-19-32-30(36)28(20-24-11-7-5-8-12-24)34(22-26-15-17-27(31)18-16-26)29(35)23-33(39(2,37)38)21-25-13-9-6-10-14-25/h5-18,28H,3-4,19-23H2,1-2H3,(H,32,36)/t28-/m1/s1. The molecule has 208 valence electrons. The third kappa shape index (κ3) is 9.60. The maximum atomic E-state index is 13.9. The lowest BCUT2D eigenvalue weighted by molar-refractivity contribution is -0.141. The van der Waals surface area contributed by atoms with E-state index in [-0.39, 0.29) is 25.4 Å². The second-order valence-electron chi connectivity index (χ2n) is 9.51. The number of hydrogen-bond donors (Lipinski definition) is 1. The molecule has 9 heteroatoms. The summed E-state index contributed by atoms with van der Waals surface area (Å²) in [5, 5.41) is 2.93. The Balaban J connectivity index is 1.97. The van der Waals surface area contributed by atoms with Gasteiger partial charge in [-0.05, 0) is 35.2 Å². The number of nitrogens with one attached hydrogen (secondary N) is 1. The number of sulfonamides is 1. The highest BCUT2D eigenvalue weighted by atomic mass is 32.2. The Morgan fingerprint density at radius 2 is 1.41 bits per heavy atom. The molecule has 0 aromatic heterocycles. The summed E-state index contributed by atoms with van der Waals surface area (Å²) >= 11 is 0. The van der Waals surface area contributed by atoms with Crippen LogP contribution >= 0.6 is 0 Å². The van der Waals surface area contributed by atoms with E-state index < -0.39 is 34.3 Å². The number of unbranched alkanes of at least 4 members (excludes halogenated alkanes) is 1. The summed E-state index contributed by atoms with van der Waals surface area (Å²) in [5.74, 6) is -1.26. The van der Waals surface area contributed by atoms with Crippen LogP contribution in [0.3, 0.4) is 0 Å². The number of carbonyl (C=O) groups excluding carboxylic acids is 2. The van der Waals surface area contributed by atoms with Crippen molar-refractivity contribution in [1.29, 1.82) is 0 Å². The summed E-state index contributed by atoms with van der Waals surface area (Å²) in [5.41, 5.74) is 2.21. The minimum atomic E-state index is -3.76. The fraction of sp³-hybridized carbons (Fsp3) is 0.333. The van der Waals surface area contributed by atoms with Gasteiger partial charge in [-0.15, -0.1) is 0 Å². The van der Waals surface area contributed by atoms with E-state index in [0.29, 0.717) is 12.1 Å². The topological polar surface area (TPSA) is 86.8 Å². The summed E-state index contributed by atoms with van der Waals surface area (Å²) in [6.07, 6.45) is 2.98. The first kappa shape index (κ1) is 30.0. The molecule has 3 aromatic rings. The minimum absolute atomic E-state index is 0.0146. The van der Waals surface area contributed by atoms with Crippen LogP contribution in [0.2, 0.25) is 0 Å². The largest absolute Gasteiger partial charge is 0.354 e. The van der Waals surface area contributed by atoms with E-state index in [1.165, 1.54) is 17.0 Å². The monoisotopic (exact) mass is 553 g/mol. The Morgan fingerprint density at radius 1 is 0.846 bits per heavy atom. The van der Waals surface area contributed by atoms with E-state index in [4.69, 9.17) is 0 Å². The average Bonchev–Trinajstić information content (AvgIpc) is 2.92. The molecule has 0 saturated heterocycles. The molecule has 0 spiro atoms. The first-order chi connectivity index (χ1) is 18.7. The fourth-order valence-electron chi connectivity index (χ4n) is 4.17. The van der Waals surface area contributed by atoms with E-state index in [1.807, 2.05) is 43.3 Å². The Hall–Kier alpha value is -3.56. The predicted octanol–water partition coefficient (Wildman–Crippen LogP) is 4.14. The highest BCUT2D eigenvalue weighted by Gasteiger charge is 2.32. The Kier molecular flexibility index (Phi) is 11.2. The molecule has 0 aliphatic rings. The molecule has 0 fully saturated rings. The maximum absolute atomic E-state index is 13.9. The van der Waals surface area contributed by atoms with Gasteiger partial charge in [0.15, 0.2) is 0 Å². The lowest BCUT2D eigenvalue weighted by Crippen LogP contribution is -2.53. The van der Waals surface area contributed by atoms with Gasteiger partial charge in [0.05, 0.1) is 12.8 Å². The van der Waals surface area contributed by atoms with Crippen molar-refractivity contribution >= 4 is 21.8 Å². The third-order valence-corrected chi connectivity index (χ3v) is 7.55. The molecule has 0 unspecified atom stereocenters. The van der Waals surface area contributed by atoms with E-state index in [1.54, 1.807) is 36.4 Å². The number of hydrogen-bond acceptors (Lipinski definition) is 4. The van der Waals surface area contributed by atoms with Crippen LogP contribution in [0.25, 0.3) is 0 Å². The van der Waals surface area contributed by atoms with Gasteiger partial charge in [-0.3, -0.25) is 9.59 Å². The number of rotatable bonds is 14. The molecule has 3 rings (SSSR count). The summed E-state index contributed by atoms with van der Waals surface area (Å²) in [6, 6.07) is 23.2. The summed E-state index contributed by atoms with van der Waals surface area (Å²) < 4.78 is 40.1. The maximum Gasteiger partial charge on any atom is 0.243 e. The van der Waals surface area contributed by atoms with Crippen molar-refractivity contribution in [1.82, 2.24) is 14.5 Å². The molecule has 1 N–H and O–H groups in total. The predicted molar refractivity (Wildman–Crippen MR) is 150 cm³/mol. The van der Waals surface area contributed by atoms with Crippen LogP contribution in [-0.4, -0.2) is 54.8 Å². The highest BCUT2D eigenvalue weighted by Crippen LogP contribution is 2.17. The van der Waals surface area contributed by atoms with E-state index >= 15 is 0 Å². The average molecular weight is 554 g/mol. The molecule has 1 atom stereocenters. The van der Waals surface area contributed by atoms with Crippen molar-refractivity contribution in [3.63, 3.8) is 0 Å². The first-order valence-corrected chi connectivity index (χ1v) is 14.9. The molecule has 7 nitrogen and oxygen atoms in total. The number of benzene rings is 3. The second kappa shape index (κ2) is 14.6. The van der Waals surface area contributed by atoms with Gasteiger partial charge in [-0.25, -0.2) is 12.8 Å². The lowest BCUT2D eigenvalue weighted by atomic mass is 10.0. The van der Waals surface area contributed by atoms with Gasteiger partial charge in [0.1, 0.15) is 11.9 Å². The van der Waals surface area contributed by atoms with Gasteiger partial charge in [-0.2, -0.15) is 4.31 Å². The van der Waals surface area contributed by atoms with Gasteiger partial charge in [0.2, 0.25) is 21.8 Å². The third-order valence-electron chi connectivity index (χ3n) is 6.35. The van der Waals surface area contributed by atoms with Crippen LogP contribution in [0, 0.1) is 5.82 Å². The van der Waals surface area contributed by atoms with Crippen LogP contribution < -0.4 is 5.32 Å². The zero-order valence-corrected chi connectivity index (χ0v) is 23.2. The normalized spacial score (nSPS) is 12.2. The van der Waals surface area contributed by atoms with Crippen molar-refractivity contribution < 1.29 is 22.4 Å². The number of amides is 2. The van der Waals surface area contributed by atoms with E-state index in [9.17, 15) is 22.4 Å². The van der Waals surface area contributed by atoms with Crippen molar-refractivity contribution in [2.24, 2.45) is 0 Å². The molecular formula is C30H36FN3O4S. The molecule has 0 heterocycles. The van der Waals surface area contributed by atoms with Crippen LogP contribution in [0.15, 0.2) is 84.9 Å². The van der Waals surface area contributed by atoms with Gasteiger partial charge < -0.3 is 10.2 Å². The molecule has 0 aliphatic carbocycles. The number of halogens is 1. The molecule has 0 aliphatic heterocycles. The highest BCUT2D eigenvalue weighted by molar-refractivity contribution is 7.88. The van der Waals surface area contributed by atoms with Crippen LogP contribution in [0.5, 0.6) is 0 Å². The Morgan fingerprint density at radius 3 is 1.97 bits per heavy atom. The molecule has 0 radical (unpaired) electrons. The van der Waals surface area contributed by atoms with Crippen molar-refractivity contribution in [2.45, 2.75) is 45.3 Å². The smallest absolute Gasteiger partial charge is 0.243 e. The number of nitrogens with zero attached hydrogens (tertiary/aromatic N) is 2. The lowest BCUT2D eigenvalue weighted by Gasteiger charge is -2.33. The van der Waals surface area contributed by atoms with E-state index in [2.05, 4.69) is 5.32 Å². The Bertz CT molecular complexity index is 1300. The zero-order valence-electron chi connectivity index (χ0n) is 22.4. The second-order valence-corrected chi connectivity index (χ2v) is 11.5.